The molecule has 0 bridgehead atoms. The van der Waals surface area contributed by atoms with Crippen LogP contribution >= 0.6 is 0 Å². The van der Waals surface area contributed by atoms with Gasteiger partial charge in [-0.25, -0.2) is 0 Å². The van der Waals surface area contributed by atoms with E-state index in [9.17, 15) is 10.1 Å². The quantitative estimate of drug-likeness (QED) is 0.896. The van der Waals surface area contributed by atoms with E-state index in [4.69, 9.17) is 19.9 Å². The zero-order chi connectivity index (χ0) is 19.1. The Morgan fingerprint density at radius 3 is 2.35 bits per heavy atom. The summed E-state index contributed by atoms with van der Waals surface area (Å²) in [4.78, 5) is 12.9. The van der Waals surface area contributed by atoms with Crippen molar-refractivity contribution in [2.75, 3.05) is 14.2 Å². The van der Waals surface area contributed by atoms with Gasteiger partial charge in [0, 0.05) is 24.5 Å². The molecule has 2 aliphatic rings. The number of hydrogen-bond donors (Lipinski definition) is 1. The standard InChI is InChI=1S/C20H22N2O4/c1-20(2)8-15(23)18-16(9-20)26-19(22)14(10-21)17(18)11-5-12(24-3)7-13(6-11)25-4/h5-7,17H,8-9,22H2,1-4H3/t17-/m0/s1. The van der Waals surface area contributed by atoms with Crippen LogP contribution in [0.2, 0.25) is 0 Å². The van der Waals surface area contributed by atoms with Crippen molar-refractivity contribution in [3.8, 4) is 17.6 Å². The molecule has 2 N–H and O–H groups in total. The van der Waals surface area contributed by atoms with E-state index in [1.807, 2.05) is 13.8 Å². The van der Waals surface area contributed by atoms with Crippen LogP contribution in [-0.2, 0) is 9.53 Å². The number of Topliss-reactive ketones (excluding diaryl/α,β-unsaturated/α-hetero) is 1. The van der Waals surface area contributed by atoms with Gasteiger partial charge in [-0.2, -0.15) is 5.26 Å². The van der Waals surface area contributed by atoms with Gasteiger partial charge in [-0.3, -0.25) is 4.79 Å². The number of benzene rings is 1. The molecule has 1 heterocycles. The Labute approximate surface area is 152 Å². The first-order valence-electron chi connectivity index (χ1n) is 8.36. The lowest BCUT2D eigenvalue weighted by Gasteiger charge is -2.37. The van der Waals surface area contributed by atoms with E-state index in [-0.39, 0.29) is 22.7 Å². The number of rotatable bonds is 3. The number of nitrogens with two attached hydrogens (primary N) is 1. The normalized spacial score (nSPS) is 21.7. The van der Waals surface area contributed by atoms with Crippen molar-refractivity contribution in [3.05, 3.63) is 46.6 Å². The average Bonchev–Trinajstić information content (AvgIpc) is 2.58. The lowest BCUT2D eigenvalue weighted by molar-refractivity contribution is -0.119. The number of allylic oxidation sites excluding steroid dienone is 3. The summed E-state index contributed by atoms with van der Waals surface area (Å²) < 4.78 is 16.4. The molecule has 1 aliphatic heterocycles. The third-order valence-electron chi connectivity index (χ3n) is 4.78. The Bertz CT molecular complexity index is 852. The first-order chi connectivity index (χ1) is 12.3. The van der Waals surface area contributed by atoms with Crippen molar-refractivity contribution in [1.82, 2.24) is 0 Å². The minimum atomic E-state index is -0.587. The first kappa shape index (κ1) is 17.9. The number of carbonyl (C=O) groups is 1. The molecule has 0 saturated carbocycles. The molecule has 0 amide bonds. The van der Waals surface area contributed by atoms with E-state index in [1.54, 1.807) is 32.4 Å². The van der Waals surface area contributed by atoms with Gasteiger partial charge in [0.15, 0.2) is 5.78 Å². The molecule has 0 aromatic heterocycles. The summed E-state index contributed by atoms with van der Waals surface area (Å²) in [6, 6.07) is 7.44. The van der Waals surface area contributed by atoms with Crippen molar-refractivity contribution in [2.45, 2.75) is 32.6 Å². The summed E-state index contributed by atoms with van der Waals surface area (Å²) in [7, 11) is 3.10. The zero-order valence-corrected chi connectivity index (χ0v) is 15.4. The summed E-state index contributed by atoms with van der Waals surface area (Å²) in [5.41, 5.74) is 7.26. The summed E-state index contributed by atoms with van der Waals surface area (Å²) in [6.45, 7) is 4.03. The molecular weight excluding hydrogens is 332 g/mol. The smallest absolute Gasteiger partial charge is 0.205 e. The molecule has 0 saturated heterocycles. The predicted molar refractivity (Wildman–Crippen MR) is 95.2 cm³/mol. The van der Waals surface area contributed by atoms with Gasteiger partial charge in [-0.1, -0.05) is 13.8 Å². The number of methoxy groups -OCH3 is 2. The van der Waals surface area contributed by atoms with E-state index in [1.165, 1.54) is 0 Å². The monoisotopic (exact) mass is 354 g/mol. The lowest BCUT2D eigenvalue weighted by Crippen LogP contribution is -2.33. The number of hydrogen-bond acceptors (Lipinski definition) is 6. The topological polar surface area (TPSA) is 94.6 Å². The van der Waals surface area contributed by atoms with E-state index in [0.29, 0.717) is 41.2 Å². The van der Waals surface area contributed by atoms with Crippen LogP contribution < -0.4 is 15.2 Å². The van der Waals surface area contributed by atoms with Gasteiger partial charge < -0.3 is 19.9 Å². The Balaban J connectivity index is 2.22. The molecular formula is C20H22N2O4. The van der Waals surface area contributed by atoms with Crippen molar-refractivity contribution < 1.29 is 19.0 Å². The Hall–Kier alpha value is -2.94. The van der Waals surface area contributed by atoms with Crippen LogP contribution in [0.25, 0.3) is 0 Å². The minimum absolute atomic E-state index is 0.0247. The average molecular weight is 354 g/mol. The van der Waals surface area contributed by atoms with Gasteiger partial charge in [-0.15, -0.1) is 0 Å². The fourth-order valence-corrected chi connectivity index (χ4v) is 3.61. The summed E-state index contributed by atoms with van der Waals surface area (Å²) >= 11 is 0. The number of ketones is 1. The number of nitriles is 1. The number of carbonyl (C=O) groups excluding carboxylic acids is 1. The molecule has 1 aliphatic carbocycles. The van der Waals surface area contributed by atoms with Crippen LogP contribution in [0.15, 0.2) is 41.0 Å². The van der Waals surface area contributed by atoms with Gasteiger partial charge in [0.2, 0.25) is 5.88 Å². The molecule has 136 valence electrons. The van der Waals surface area contributed by atoms with Gasteiger partial charge in [-0.05, 0) is 23.1 Å². The van der Waals surface area contributed by atoms with Crippen LogP contribution in [0.5, 0.6) is 11.5 Å². The number of nitrogens with zero attached hydrogens (tertiary/aromatic N) is 1. The summed E-state index contributed by atoms with van der Waals surface area (Å²) in [5.74, 6) is 1.14. The van der Waals surface area contributed by atoms with Crippen LogP contribution in [0.1, 0.15) is 38.2 Å². The molecule has 0 unspecified atom stereocenters. The maximum absolute atomic E-state index is 12.9. The molecule has 0 radical (unpaired) electrons. The second-order valence-electron chi connectivity index (χ2n) is 7.35. The van der Waals surface area contributed by atoms with Crippen LogP contribution in [-0.4, -0.2) is 20.0 Å². The third-order valence-corrected chi connectivity index (χ3v) is 4.78. The van der Waals surface area contributed by atoms with Crippen LogP contribution in [0.4, 0.5) is 0 Å². The van der Waals surface area contributed by atoms with Crippen molar-refractivity contribution in [1.29, 1.82) is 5.26 Å². The van der Waals surface area contributed by atoms with Gasteiger partial charge in [0.1, 0.15) is 28.9 Å². The van der Waals surface area contributed by atoms with Crippen molar-refractivity contribution in [3.63, 3.8) is 0 Å². The minimum Gasteiger partial charge on any atom is -0.497 e. The van der Waals surface area contributed by atoms with Gasteiger partial charge in [0.05, 0.1) is 20.1 Å². The molecule has 0 spiro atoms. The van der Waals surface area contributed by atoms with E-state index < -0.39 is 5.92 Å². The maximum atomic E-state index is 12.9. The maximum Gasteiger partial charge on any atom is 0.205 e. The Kier molecular flexibility index (Phi) is 4.41. The molecule has 1 atom stereocenters. The Morgan fingerprint density at radius 1 is 1.19 bits per heavy atom. The van der Waals surface area contributed by atoms with Crippen molar-refractivity contribution >= 4 is 5.78 Å². The van der Waals surface area contributed by atoms with E-state index >= 15 is 0 Å². The highest BCUT2D eigenvalue weighted by molar-refractivity contribution is 6.00. The van der Waals surface area contributed by atoms with Crippen molar-refractivity contribution in [2.24, 2.45) is 11.1 Å². The van der Waals surface area contributed by atoms with Crippen LogP contribution in [0.3, 0.4) is 0 Å². The highest BCUT2D eigenvalue weighted by Gasteiger charge is 2.43. The molecule has 0 fully saturated rings. The van der Waals surface area contributed by atoms with Gasteiger partial charge in [0.25, 0.3) is 0 Å². The largest absolute Gasteiger partial charge is 0.497 e. The lowest BCUT2D eigenvalue weighted by atomic mass is 9.70. The van der Waals surface area contributed by atoms with Crippen LogP contribution in [0, 0.1) is 16.7 Å². The molecule has 1 aromatic carbocycles. The highest BCUT2D eigenvalue weighted by Crippen LogP contribution is 2.48. The second kappa shape index (κ2) is 6.41. The fourth-order valence-electron chi connectivity index (χ4n) is 3.61. The Morgan fingerprint density at radius 2 is 1.81 bits per heavy atom. The zero-order valence-electron chi connectivity index (χ0n) is 15.4. The predicted octanol–water partition coefficient (Wildman–Crippen LogP) is 3.15. The van der Waals surface area contributed by atoms with E-state index in [0.717, 1.165) is 0 Å². The SMILES string of the molecule is COc1cc(OC)cc([C@H]2C(C#N)=C(N)OC3=C2C(=O)CC(C)(C)C3)c1. The number of ether oxygens (including phenoxy) is 3. The summed E-state index contributed by atoms with van der Waals surface area (Å²) in [5, 5.41) is 9.66. The molecule has 3 rings (SSSR count). The molecule has 26 heavy (non-hydrogen) atoms. The first-order valence-corrected chi connectivity index (χ1v) is 8.36. The molecule has 1 aromatic rings. The molecule has 6 nitrogen and oxygen atoms in total. The second-order valence-corrected chi connectivity index (χ2v) is 7.35. The van der Waals surface area contributed by atoms with E-state index in [2.05, 4.69) is 6.07 Å². The fraction of sp³-hybridized carbons (Fsp3) is 0.400. The third kappa shape index (κ3) is 3.01. The highest BCUT2D eigenvalue weighted by atomic mass is 16.5. The summed E-state index contributed by atoms with van der Waals surface area (Å²) in [6.07, 6.45) is 0.983. The van der Waals surface area contributed by atoms with Gasteiger partial charge >= 0.3 is 0 Å². The molecule has 6 heteroatoms.